The van der Waals surface area contributed by atoms with E-state index in [1.165, 1.54) is 18.7 Å². The minimum absolute atomic E-state index is 0.160. The van der Waals surface area contributed by atoms with E-state index >= 15 is 0 Å². The average Bonchev–Trinajstić information content (AvgIpc) is 2.50. The molecule has 2 aromatic carbocycles. The number of benzene rings is 2. The van der Waals surface area contributed by atoms with E-state index in [0.29, 0.717) is 11.3 Å². The Morgan fingerprint density at radius 3 is 2.62 bits per heavy atom. The highest BCUT2D eigenvalue weighted by molar-refractivity contribution is 5.38. The number of methoxy groups -OCH3 is 1. The first-order valence-electron chi connectivity index (χ1n) is 7.29. The maximum atomic E-state index is 14.3. The van der Waals surface area contributed by atoms with Crippen LogP contribution in [-0.2, 0) is 6.42 Å². The number of halogens is 1. The van der Waals surface area contributed by atoms with Crippen molar-refractivity contribution in [1.82, 2.24) is 5.32 Å². The summed E-state index contributed by atoms with van der Waals surface area (Å²) in [5.41, 5.74) is 2.99. The minimum atomic E-state index is -0.255. The zero-order valence-corrected chi connectivity index (χ0v) is 12.8. The summed E-state index contributed by atoms with van der Waals surface area (Å²) in [7, 11) is 3.39. The molecule has 2 nitrogen and oxygen atoms in total. The zero-order chi connectivity index (χ0) is 15.2. The first-order chi connectivity index (χ1) is 10.2. The molecule has 2 rings (SSSR count). The van der Waals surface area contributed by atoms with Gasteiger partial charge in [0, 0.05) is 11.6 Å². The summed E-state index contributed by atoms with van der Waals surface area (Å²) in [6.07, 6.45) is 2.14. The molecule has 0 bridgehead atoms. The highest BCUT2D eigenvalue weighted by Gasteiger charge is 2.17. The van der Waals surface area contributed by atoms with E-state index in [4.69, 9.17) is 4.74 Å². The van der Waals surface area contributed by atoms with E-state index in [-0.39, 0.29) is 11.9 Å². The molecular formula is C18H22FNO. The van der Waals surface area contributed by atoms with Crippen LogP contribution in [0.5, 0.6) is 5.75 Å². The zero-order valence-electron chi connectivity index (χ0n) is 12.8. The Kier molecular flexibility index (Phi) is 5.34. The van der Waals surface area contributed by atoms with Crippen molar-refractivity contribution in [3.63, 3.8) is 0 Å². The fraction of sp³-hybridized carbons (Fsp3) is 0.333. The Balaban J connectivity index is 2.37. The molecule has 0 aromatic heterocycles. The summed E-state index contributed by atoms with van der Waals surface area (Å²) >= 11 is 0. The second-order valence-electron chi connectivity index (χ2n) is 5.10. The average molecular weight is 287 g/mol. The minimum Gasteiger partial charge on any atom is -0.497 e. The van der Waals surface area contributed by atoms with Crippen molar-refractivity contribution in [2.45, 2.75) is 25.8 Å². The Bertz CT molecular complexity index is 598. The fourth-order valence-electron chi connectivity index (χ4n) is 2.59. The number of rotatable bonds is 6. The summed E-state index contributed by atoms with van der Waals surface area (Å²) in [4.78, 5) is 0. The van der Waals surface area contributed by atoms with Gasteiger partial charge in [-0.2, -0.15) is 0 Å². The molecule has 1 atom stereocenters. The van der Waals surface area contributed by atoms with Crippen LogP contribution in [0.2, 0.25) is 0 Å². The van der Waals surface area contributed by atoms with Crippen LogP contribution in [0, 0.1) is 5.82 Å². The van der Waals surface area contributed by atoms with E-state index < -0.39 is 0 Å². The van der Waals surface area contributed by atoms with Gasteiger partial charge < -0.3 is 10.1 Å². The molecule has 1 N–H and O–H groups in total. The smallest absolute Gasteiger partial charge is 0.132 e. The lowest BCUT2D eigenvalue weighted by atomic mass is 9.96. The van der Waals surface area contributed by atoms with E-state index in [1.807, 2.05) is 19.2 Å². The van der Waals surface area contributed by atoms with Gasteiger partial charge in [-0.15, -0.1) is 0 Å². The molecule has 0 fully saturated rings. The first kappa shape index (κ1) is 15.5. The maximum absolute atomic E-state index is 14.3. The molecule has 1 unspecified atom stereocenters. The molecule has 0 aliphatic rings. The Hall–Kier alpha value is -1.87. The molecule has 21 heavy (non-hydrogen) atoms. The lowest BCUT2D eigenvalue weighted by Gasteiger charge is -2.19. The van der Waals surface area contributed by atoms with Gasteiger partial charge in [0.05, 0.1) is 13.2 Å². The topological polar surface area (TPSA) is 21.3 Å². The first-order valence-corrected chi connectivity index (χ1v) is 7.29. The van der Waals surface area contributed by atoms with Crippen LogP contribution in [0.25, 0.3) is 0 Å². The lowest BCUT2D eigenvalue weighted by Crippen LogP contribution is -2.19. The molecule has 0 spiro atoms. The van der Waals surface area contributed by atoms with Crippen molar-refractivity contribution in [3.8, 4) is 5.75 Å². The Morgan fingerprint density at radius 1 is 1.19 bits per heavy atom. The summed E-state index contributed by atoms with van der Waals surface area (Å²) in [6.45, 7) is 2.16. The molecule has 0 aliphatic carbocycles. The van der Waals surface area contributed by atoms with Gasteiger partial charge in [-0.25, -0.2) is 4.39 Å². The molecule has 3 heteroatoms. The van der Waals surface area contributed by atoms with Gasteiger partial charge in [-0.1, -0.05) is 43.7 Å². The summed E-state index contributed by atoms with van der Waals surface area (Å²) < 4.78 is 19.3. The molecule has 2 aromatic rings. The van der Waals surface area contributed by atoms with Crippen LogP contribution in [0.15, 0.2) is 42.5 Å². The second-order valence-corrected chi connectivity index (χ2v) is 5.10. The third kappa shape index (κ3) is 3.61. The molecule has 0 saturated heterocycles. The van der Waals surface area contributed by atoms with Gasteiger partial charge in [-0.05, 0) is 30.7 Å². The van der Waals surface area contributed by atoms with Crippen LogP contribution >= 0.6 is 0 Å². The number of ether oxygens (including phenoxy) is 1. The van der Waals surface area contributed by atoms with Crippen molar-refractivity contribution in [1.29, 1.82) is 0 Å². The molecular weight excluding hydrogens is 265 g/mol. The van der Waals surface area contributed by atoms with Crippen LogP contribution in [0.3, 0.4) is 0 Å². The lowest BCUT2D eigenvalue weighted by molar-refractivity contribution is 0.410. The van der Waals surface area contributed by atoms with Crippen molar-refractivity contribution < 1.29 is 9.13 Å². The second kappa shape index (κ2) is 7.23. The standard InChI is InChI=1S/C18H22FNO/c1-4-6-13-7-5-8-14(11-13)18(20-2)16-10-9-15(21-3)12-17(16)19/h5,7-12,18,20H,4,6H2,1-3H3. The van der Waals surface area contributed by atoms with Crippen molar-refractivity contribution in [2.75, 3.05) is 14.2 Å². The highest BCUT2D eigenvalue weighted by atomic mass is 19.1. The van der Waals surface area contributed by atoms with Crippen molar-refractivity contribution in [3.05, 3.63) is 65.0 Å². The summed E-state index contributed by atoms with van der Waals surface area (Å²) in [6, 6.07) is 13.2. The number of nitrogens with one attached hydrogen (secondary N) is 1. The van der Waals surface area contributed by atoms with Gasteiger partial charge in [-0.3, -0.25) is 0 Å². The predicted molar refractivity (Wildman–Crippen MR) is 84.3 cm³/mol. The van der Waals surface area contributed by atoms with Crippen LogP contribution in [0.1, 0.15) is 36.1 Å². The van der Waals surface area contributed by atoms with Gasteiger partial charge >= 0.3 is 0 Å². The molecule has 0 radical (unpaired) electrons. The van der Waals surface area contributed by atoms with Crippen LogP contribution in [0.4, 0.5) is 4.39 Å². The summed E-state index contributed by atoms with van der Waals surface area (Å²) in [5, 5.41) is 3.20. The maximum Gasteiger partial charge on any atom is 0.132 e. The quantitative estimate of drug-likeness (QED) is 0.864. The molecule has 0 aliphatic heterocycles. The number of hydrogen-bond donors (Lipinski definition) is 1. The van der Waals surface area contributed by atoms with E-state index in [1.54, 1.807) is 12.1 Å². The van der Waals surface area contributed by atoms with Gasteiger partial charge in [0.15, 0.2) is 0 Å². The van der Waals surface area contributed by atoms with Crippen molar-refractivity contribution >= 4 is 0 Å². The molecule has 112 valence electrons. The molecule has 0 amide bonds. The Labute approximate surface area is 126 Å². The van der Waals surface area contributed by atoms with Gasteiger partial charge in [0.25, 0.3) is 0 Å². The largest absolute Gasteiger partial charge is 0.497 e. The predicted octanol–water partition coefficient (Wildman–Crippen LogP) is 4.10. The summed E-state index contributed by atoms with van der Waals surface area (Å²) in [5.74, 6) is 0.278. The Morgan fingerprint density at radius 2 is 2.00 bits per heavy atom. The third-order valence-corrected chi connectivity index (χ3v) is 3.63. The number of hydrogen-bond acceptors (Lipinski definition) is 2. The normalized spacial score (nSPS) is 12.2. The molecule has 0 saturated carbocycles. The van der Waals surface area contributed by atoms with Gasteiger partial charge in [0.2, 0.25) is 0 Å². The third-order valence-electron chi connectivity index (χ3n) is 3.63. The SMILES string of the molecule is CCCc1cccc(C(NC)c2ccc(OC)cc2F)c1. The monoisotopic (exact) mass is 287 g/mol. The number of aryl methyl sites for hydroxylation is 1. The van der Waals surface area contributed by atoms with Crippen LogP contribution < -0.4 is 10.1 Å². The van der Waals surface area contributed by atoms with E-state index in [0.717, 1.165) is 18.4 Å². The van der Waals surface area contributed by atoms with Gasteiger partial charge in [0.1, 0.15) is 11.6 Å². The van der Waals surface area contributed by atoms with E-state index in [2.05, 4.69) is 24.4 Å². The van der Waals surface area contributed by atoms with E-state index in [9.17, 15) is 4.39 Å². The molecule has 0 heterocycles. The van der Waals surface area contributed by atoms with Crippen molar-refractivity contribution in [2.24, 2.45) is 0 Å². The van der Waals surface area contributed by atoms with Crippen LogP contribution in [-0.4, -0.2) is 14.2 Å². The highest BCUT2D eigenvalue weighted by Crippen LogP contribution is 2.27. The fourth-order valence-corrected chi connectivity index (χ4v) is 2.59.